The summed E-state index contributed by atoms with van der Waals surface area (Å²) in [4.78, 5) is 10.8. The summed E-state index contributed by atoms with van der Waals surface area (Å²) in [5.41, 5.74) is 0. The van der Waals surface area contributed by atoms with Gasteiger partial charge >= 0.3 is 6.03 Å². The van der Waals surface area contributed by atoms with E-state index in [2.05, 4.69) is 5.32 Å². The molecule has 0 fully saturated rings. The van der Waals surface area contributed by atoms with Crippen LogP contribution < -0.4 is 5.32 Å². The lowest BCUT2D eigenvalue weighted by molar-refractivity contribution is -0.0544. The van der Waals surface area contributed by atoms with Crippen LogP contribution in [-0.2, 0) is 6.54 Å². The van der Waals surface area contributed by atoms with E-state index in [0.717, 1.165) is 5.76 Å². The van der Waals surface area contributed by atoms with Gasteiger partial charge in [-0.1, -0.05) is 0 Å². The number of rotatable bonds is 2. The third-order valence-electron chi connectivity index (χ3n) is 1.55. The maximum atomic E-state index is 10.8. The molecule has 13 heavy (non-hydrogen) atoms. The number of urea groups is 1. The lowest BCUT2D eigenvalue weighted by Crippen LogP contribution is -2.34. The first-order valence-electron chi connectivity index (χ1n) is 3.87. The van der Waals surface area contributed by atoms with Crippen molar-refractivity contribution in [2.45, 2.75) is 13.5 Å². The van der Waals surface area contributed by atoms with Crippen molar-refractivity contribution in [3.8, 4) is 0 Å². The average molecular weight is 184 g/mol. The van der Waals surface area contributed by atoms with Crippen molar-refractivity contribution in [2.24, 2.45) is 0 Å². The maximum absolute atomic E-state index is 10.8. The predicted octanol–water partition coefficient (Wildman–Crippen LogP) is 1.12. The fraction of sp³-hybridized carbons (Fsp3) is 0.375. The number of furan rings is 1. The van der Waals surface area contributed by atoms with Gasteiger partial charge in [0.05, 0.1) is 0 Å². The second-order valence-electron chi connectivity index (χ2n) is 2.63. The molecular formula is C8H12N2O3. The van der Waals surface area contributed by atoms with Crippen LogP contribution in [0.1, 0.15) is 11.5 Å². The Kier molecular flexibility index (Phi) is 2.92. The topological polar surface area (TPSA) is 65.7 Å². The molecule has 0 aromatic carbocycles. The first-order chi connectivity index (χ1) is 6.13. The molecule has 0 radical (unpaired) electrons. The molecule has 0 atom stereocenters. The number of amides is 2. The molecule has 5 nitrogen and oxygen atoms in total. The van der Waals surface area contributed by atoms with Gasteiger partial charge in [-0.3, -0.25) is 5.21 Å². The van der Waals surface area contributed by atoms with Crippen LogP contribution >= 0.6 is 0 Å². The molecule has 1 heterocycles. The molecule has 0 aliphatic rings. The number of hydroxylamine groups is 2. The summed E-state index contributed by atoms with van der Waals surface area (Å²) in [7, 11) is 1.44. The van der Waals surface area contributed by atoms with Crippen molar-refractivity contribution in [3.63, 3.8) is 0 Å². The second kappa shape index (κ2) is 3.95. The highest BCUT2D eigenvalue weighted by molar-refractivity contribution is 5.72. The molecule has 2 N–H and O–H groups in total. The molecule has 0 saturated heterocycles. The van der Waals surface area contributed by atoms with Crippen LogP contribution in [0.25, 0.3) is 0 Å². The second-order valence-corrected chi connectivity index (χ2v) is 2.63. The van der Waals surface area contributed by atoms with Crippen molar-refractivity contribution in [1.29, 1.82) is 0 Å². The molecule has 72 valence electrons. The smallest absolute Gasteiger partial charge is 0.341 e. The van der Waals surface area contributed by atoms with Crippen molar-refractivity contribution in [1.82, 2.24) is 10.4 Å². The summed E-state index contributed by atoms with van der Waals surface area (Å²) >= 11 is 0. The highest BCUT2D eigenvalue weighted by atomic mass is 16.5. The third-order valence-corrected chi connectivity index (χ3v) is 1.55. The highest BCUT2D eigenvalue weighted by Gasteiger charge is 2.10. The summed E-state index contributed by atoms with van der Waals surface area (Å²) in [6, 6.07) is 2.92. The quantitative estimate of drug-likeness (QED) is 0.534. The van der Waals surface area contributed by atoms with E-state index in [1.54, 1.807) is 19.1 Å². The molecule has 1 aromatic heterocycles. The molecule has 0 saturated carbocycles. The zero-order valence-electron chi connectivity index (χ0n) is 7.57. The number of aryl methyl sites for hydroxylation is 1. The van der Waals surface area contributed by atoms with Gasteiger partial charge in [-0.15, -0.1) is 0 Å². The fourth-order valence-electron chi connectivity index (χ4n) is 0.919. The Morgan fingerprint density at radius 3 is 2.85 bits per heavy atom. The molecule has 2 amide bonds. The Morgan fingerprint density at radius 1 is 1.69 bits per heavy atom. The molecule has 1 rings (SSSR count). The molecule has 1 aromatic rings. The molecule has 0 spiro atoms. The van der Waals surface area contributed by atoms with Crippen LogP contribution in [0, 0.1) is 6.92 Å². The average Bonchev–Trinajstić information content (AvgIpc) is 2.49. The summed E-state index contributed by atoms with van der Waals surface area (Å²) in [6.07, 6.45) is 0. The van der Waals surface area contributed by atoms with Crippen LogP contribution in [0.15, 0.2) is 16.5 Å². The zero-order chi connectivity index (χ0) is 9.84. The number of hydrogen-bond donors (Lipinski definition) is 2. The molecule has 0 bridgehead atoms. The Hall–Kier alpha value is -1.49. The van der Waals surface area contributed by atoms with Crippen LogP contribution in [0.2, 0.25) is 0 Å². The third kappa shape index (κ3) is 2.48. The van der Waals surface area contributed by atoms with Crippen LogP contribution in [-0.4, -0.2) is 23.3 Å². The van der Waals surface area contributed by atoms with Crippen LogP contribution in [0.5, 0.6) is 0 Å². The summed E-state index contributed by atoms with van der Waals surface area (Å²) < 4.78 is 5.17. The molecule has 0 aliphatic carbocycles. The Balaban J connectivity index is 2.54. The normalized spacial score (nSPS) is 9.77. The van der Waals surface area contributed by atoms with Crippen molar-refractivity contribution >= 4 is 6.03 Å². The largest absolute Gasteiger partial charge is 0.464 e. The van der Waals surface area contributed by atoms with Crippen molar-refractivity contribution in [2.75, 3.05) is 7.05 Å². The van der Waals surface area contributed by atoms with Crippen molar-refractivity contribution < 1.29 is 14.4 Å². The number of hydrogen-bond acceptors (Lipinski definition) is 3. The van der Waals surface area contributed by atoms with Gasteiger partial charge in [-0.05, 0) is 19.1 Å². The molecular weight excluding hydrogens is 172 g/mol. The number of carbonyl (C=O) groups excluding carboxylic acids is 1. The number of nitrogens with one attached hydrogen (secondary N) is 1. The van der Waals surface area contributed by atoms with Gasteiger partial charge in [-0.2, -0.15) is 5.06 Å². The first kappa shape index (κ1) is 9.60. The van der Waals surface area contributed by atoms with Gasteiger partial charge in [0.2, 0.25) is 0 Å². The van der Waals surface area contributed by atoms with E-state index in [4.69, 9.17) is 9.62 Å². The zero-order valence-corrected chi connectivity index (χ0v) is 7.57. The van der Waals surface area contributed by atoms with Gasteiger partial charge < -0.3 is 9.73 Å². The van der Waals surface area contributed by atoms with Gasteiger partial charge in [0, 0.05) is 7.05 Å². The summed E-state index contributed by atoms with van der Waals surface area (Å²) in [6.45, 7) is 1.85. The van der Waals surface area contributed by atoms with Crippen LogP contribution in [0.3, 0.4) is 0 Å². The fourth-order valence-corrected chi connectivity index (χ4v) is 0.919. The van der Waals surface area contributed by atoms with Gasteiger partial charge in [-0.25, -0.2) is 4.79 Å². The van der Waals surface area contributed by atoms with E-state index >= 15 is 0 Å². The monoisotopic (exact) mass is 184 g/mol. The predicted molar refractivity (Wildman–Crippen MR) is 45.2 cm³/mol. The Morgan fingerprint density at radius 2 is 2.38 bits per heavy atom. The van der Waals surface area contributed by atoms with Crippen LogP contribution in [0.4, 0.5) is 4.79 Å². The van der Waals surface area contributed by atoms with E-state index < -0.39 is 6.03 Å². The van der Waals surface area contributed by atoms with E-state index in [0.29, 0.717) is 10.8 Å². The molecule has 0 unspecified atom stereocenters. The van der Waals surface area contributed by atoms with E-state index in [-0.39, 0.29) is 6.54 Å². The minimum absolute atomic E-state index is 0.0491. The van der Waals surface area contributed by atoms with E-state index in [1.165, 1.54) is 7.05 Å². The standard InChI is InChI=1S/C8H12N2O3/c1-6-3-4-7(13-6)5-10(12)8(11)9-2/h3-4,12H,5H2,1-2H3,(H,9,11). The molecule has 0 aliphatic heterocycles. The van der Waals surface area contributed by atoms with E-state index in [9.17, 15) is 4.79 Å². The SMILES string of the molecule is CNC(=O)N(O)Cc1ccc(C)o1. The van der Waals surface area contributed by atoms with Gasteiger partial charge in [0.25, 0.3) is 0 Å². The number of nitrogens with zero attached hydrogens (tertiary/aromatic N) is 1. The highest BCUT2D eigenvalue weighted by Crippen LogP contribution is 2.08. The lowest BCUT2D eigenvalue weighted by atomic mass is 10.4. The maximum Gasteiger partial charge on any atom is 0.341 e. The Bertz CT molecular complexity index is 295. The number of carbonyl (C=O) groups is 1. The molecule has 5 heteroatoms. The minimum Gasteiger partial charge on any atom is -0.464 e. The van der Waals surface area contributed by atoms with E-state index in [1.807, 2.05) is 0 Å². The lowest BCUT2D eigenvalue weighted by Gasteiger charge is -2.11. The van der Waals surface area contributed by atoms with Gasteiger partial charge in [0.15, 0.2) is 0 Å². The minimum atomic E-state index is -0.561. The van der Waals surface area contributed by atoms with Gasteiger partial charge in [0.1, 0.15) is 18.1 Å². The summed E-state index contributed by atoms with van der Waals surface area (Å²) in [5, 5.41) is 12.0. The van der Waals surface area contributed by atoms with Crippen molar-refractivity contribution in [3.05, 3.63) is 23.7 Å². The summed E-state index contributed by atoms with van der Waals surface area (Å²) in [5.74, 6) is 1.30. The first-order valence-corrected chi connectivity index (χ1v) is 3.87. The Labute approximate surface area is 75.9 Å².